The van der Waals surface area contributed by atoms with Crippen molar-refractivity contribution in [2.24, 2.45) is 0 Å². The molecule has 0 aliphatic carbocycles. The predicted molar refractivity (Wildman–Crippen MR) is 149 cm³/mol. The lowest BCUT2D eigenvalue weighted by atomic mass is 9.97. The van der Waals surface area contributed by atoms with Crippen LogP contribution in [-0.4, -0.2) is 17.9 Å². The SMILES string of the molecule is CCCCc1nc2ccc(C(C)(C)O[Si](C)(C)C(C)(C)C)cc2c(=O)n1Cc1ccc(Br)cc1. The van der Waals surface area contributed by atoms with Gasteiger partial charge >= 0.3 is 0 Å². The number of hydrogen-bond donors (Lipinski definition) is 0. The number of nitrogens with zero attached hydrogens (tertiary/aromatic N) is 2. The van der Waals surface area contributed by atoms with Crippen LogP contribution in [0.5, 0.6) is 0 Å². The summed E-state index contributed by atoms with van der Waals surface area (Å²) in [5, 5.41) is 0.760. The minimum atomic E-state index is -2.00. The molecule has 0 aliphatic rings. The number of hydrogen-bond acceptors (Lipinski definition) is 3. The van der Waals surface area contributed by atoms with Gasteiger partial charge in [0, 0.05) is 10.9 Å². The minimum absolute atomic E-state index is 0.0176. The summed E-state index contributed by atoms with van der Waals surface area (Å²) < 4.78 is 9.67. The maximum absolute atomic E-state index is 13.8. The van der Waals surface area contributed by atoms with Crippen LogP contribution < -0.4 is 5.56 Å². The summed E-state index contributed by atoms with van der Waals surface area (Å²) in [5.41, 5.74) is 2.38. The van der Waals surface area contributed by atoms with Gasteiger partial charge < -0.3 is 4.43 Å². The maximum atomic E-state index is 13.8. The maximum Gasteiger partial charge on any atom is 0.261 e. The zero-order valence-corrected chi connectivity index (χ0v) is 24.5. The van der Waals surface area contributed by atoms with E-state index >= 15 is 0 Å². The first-order chi connectivity index (χ1) is 15.7. The molecule has 0 saturated carbocycles. The van der Waals surface area contributed by atoms with Crippen molar-refractivity contribution in [1.29, 1.82) is 0 Å². The lowest BCUT2D eigenvalue weighted by Crippen LogP contribution is -2.46. The fraction of sp³-hybridized carbons (Fsp3) is 0.500. The molecule has 0 saturated heterocycles. The van der Waals surface area contributed by atoms with Crippen LogP contribution in [0.2, 0.25) is 18.1 Å². The zero-order valence-electron chi connectivity index (χ0n) is 22.0. The van der Waals surface area contributed by atoms with E-state index in [9.17, 15) is 4.79 Å². The highest BCUT2D eigenvalue weighted by Crippen LogP contribution is 2.41. The van der Waals surface area contributed by atoms with Crippen molar-refractivity contribution >= 4 is 35.2 Å². The molecular formula is C28H39BrN2O2Si. The Morgan fingerprint density at radius 1 is 1.03 bits per heavy atom. The fourth-order valence-corrected chi connectivity index (χ4v) is 5.92. The Morgan fingerprint density at radius 2 is 1.68 bits per heavy atom. The number of aromatic nitrogens is 2. The summed E-state index contributed by atoms with van der Waals surface area (Å²) >= 11 is 3.50. The molecule has 1 aromatic heterocycles. The molecule has 0 aliphatic heterocycles. The Bertz CT molecular complexity index is 1210. The summed E-state index contributed by atoms with van der Waals surface area (Å²) in [7, 11) is -2.00. The summed E-state index contributed by atoms with van der Waals surface area (Å²) in [4.78, 5) is 18.7. The van der Waals surface area contributed by atoms with Gasteiger partial charge in [0.05, 0.1) is 23.0 Å². The zero-order chi connectivity index (χ0) is 25.3. The van der Waals surface area contributed by atoms with Crippen LogP contribution in [-0.2, 0) is 23.0 Å². The molecule has 4 nitrogen and oxygen atoms in total. The van der Waals surface area contributed by atoms with E-state index in [1.165, 1.54) is 0 Å². The second kappa shape index (κ2) is 10.1. The van der Waals surface area contributed by atoms with Gasteiger partial charge in [-0.3, -0.25) is 9.36 Å². The van der Waals surface area contributed by atoms with Crippen molar-refractivity contribution < 1.29 is 4.43 Å². The minimum Gasteiger partial charge on any atom is -0.408 e. The molecule has 0 unspecified atom stereocenters. The molecule has 0 bridgehead atoms. The number of rotatable bonds is 8. The molecule has 3 aromatic rings. The highest BCUT2D eigenvalue weighted by Gasteiger charge is 2.42. The lowest BCUT2D eigenvalue weighted by molar-refractivity contribution is 0.0903. The van der Waals surface area contributed by atoms with Crippen molar-refractivity contribution in [3.8, 4) is 0 Å². The molecule has 0 N–H and O–H groups in total. The van der Waals surface area contributed by atoms with Crippen molar-refractivity contribution in [3.63, 3.8) is 0 Å². The number of benzene rings is 2. The summed E-state index contributed by atoms with van der Waals surface area (Å²) in [5.74, 6) is 0.854. The monoisotopic (exact) mass is 542 g/mol. The number of unbranched alkanes of at least 4 members (excludes halogenated alkanes) is 1. The largest absolute Gasteiger partial charge is 0.408 e. The average molecular weight is 544 g/mol. The van der Waals surface area contributed by atoms with E-state index in [0.29, 0.717) is 11.9 Å². The van der Waals surface area contributed by atoms with Crippen molar-refractivity contribution in [2.45, 2.75) is 91.1 Å². The summed E-state index contributed by atoms with van der Waals surface area (Å²) in [6.45, 7) is 18.2. The van der Waals surface area contributed by atoms with Crippen molar-refractivity contribution in [3.05, 3.63) is 74.2 Å². The quantitative estimate of drug-likeness (QED) is 0.272. The number of halogens is 1. The third-order valence-corrected chi connectivity index (χ3v) is 12.2. The molecule has 0 atom stereocenters. The molecule has 0 amide bonds. The molecule has 0 spiro atoms. The van der Waals surface area contributed by atoms with Gasteiger partial charge in [-0.2, -0.15) is 0 Å². The topological polar surface area (TPSA) is 44.1 Å². The van der Waals surface area contributed by atoms with Crippen molar-refractivity contribution in [2.75, 3.05) is 0 Å². The molecule has 6 heteroatoms. The molecular weight excluding hydrogens is 504 g/mol. The highest BCUT2D eigenvalue weighted by molar-refractivity contribution is 9.10. The number of fused-ring (bicyclic) bond motifs is 1. The normalized spacial score (nSPS) is 13.0. The Kier molecular flexibility index (Phi) is 7.95. The Hall–Kier alpha value is -1.76. The smallest absolute Gasteiger partial charge is 0.261 e. The second-order valence-corrected chi connectivity index (χ2v) is 16.9. The van der Waals surface area contributed by atoms with Crippen LogP contribution >= 0.6 is 15.9 Å². The van der Waals surface area contributed by atoms with Crippen LogP contribution in [0, 0.1) is 0 Å². The van der Waals surface area contributed by atoms with Gasteiger partial charge in [0.1, 0.15) is 5.82 Å². The van der Waals surface area contributed by atoms with E-state index in [0.717, 1.165) is 46.2 Å². The van der Waals surface area contributed by atoms with E-state index in [-0.39, 0.29) is 10.6 Å². The second-order valence-electron chi connectivity index (χ2n) is 11.3. The van der Waals surface area contributed by atoms with Gasteiger partial charge in [0.15, 0.2) is 8.32 Å². The van der Waals surface area contributed by atoms with E-state index in [2.05, 4.69) is 88.8 Å². The molecule has 2 aromatic carbocycles. The first-order valence-electron chi connectivity index (χ1n) is 12.2. The lowest BCUT2D eigenvalue weighted by Gasteiger charge is -2.43. The van der Waals surface area contributed by atoms with Gasteiger partial charge in [0.25, 0.3) is 5.56 Å². The third kappa shape index (κ3) is 5.89. The first-order valence-corrected chi connectivity index (χ1v) is 15.9. The van der Waals surface area contributed by atoms with Crippen LogP contribution in [0.4, 0.5) is 0 Å². The molecule has 3 rings (SSSR count). The first kappa shape index (κ1) is 26.8. The van der Waals surface area contributed by atoms with Gasteiger partial charge in [-0.05, 0) is 73.8 Å². The van der Waals surface area contributed by atoms with E-state index in [1.54, 1.807) is 0 Å². The van der Waals surface area contributed by atoms with Crippen LogP contribution in [0.3, 0.4) is 0 Å². The van der Waals surface area contributed by atoms with Gasteiger partial charge in [0.2, 0.25) is 0 Å². The average Bonchev–Trinajstić information content (AvgIpc) is 2.74. The van der Waals surface area contributed by atoms with E-state index in [4.69, 9.17) is 9.41 Å². The summed E-state index contributed by atoms with van der Waals surface area (Å²) in [6, 6.07) is 14.2. The molecule has 0 fully saturated rings. The van der Waals surface area contributed by atoms with Crippen LogP contribution in [0.1, 0.15) is 71.3 Å². The van der Waals surface area contributed by atoms with Gasteiger partial charge in [-0.25, -0.2) is 4.98 Å². The van der Waals surface area contributed by atoms with Gasteiger partial charge in [-0.15, -0.1) is 0 Å². The molecule has 1 heterocycles. The summed E-state index contributed by atoms with van der Waals surface area (Å²) in [6.07, 6.45) is 2.85. The molecule has 0 radical (unpaired) electrons. The van der Waals surface area contributed by atoms with Crippen LogP contribution in [0.25, 0.3) is 10.9 Å². The fourth-order valence-electron chi connectivity index (χ4n) is 3.95. The van der Waals surface area contributed by atoms with Crippen LogP contribution in [0.15, 0.2) is 51.7 Å². The Labute approximate surface area is 214 Å². The van der Waals surface area contributed by atoms with Crippen molar-refractivity contribution in [1.82, 2.24) is 9.55 Å². The molecule has 184 valence electrons. The van der Waals surface area contributed by atoms with Gasteiger partial charge in [-0.1, -0.05) is 68.2 Å². The number of aryl methyl sites for hydroxylation is 1. The van der Waals surface area contributed by atoms with E-state index < -0.39 is 13.9 Å². The third-order valence-electron chi connectivity index (χ3n) is 7.05. The predicted octanol–water partition coefficient (Wildman–Crippen LogP) is 7.81. The van der Waals surface area contributed by atoms with E-state index in [1.807, 2.05) is 28.8 Å². The highest BCUT2D eigenvalue weighted by atomic mass is 79.9. The Morgan fingerprint density at radius 3 is 2.26 bits per heavy atom. The Balaban J connectivity index is 2.10. The standard InChI is InChI=1S/C28H39BrN2O2Si/c1-9-10-11-25-30-24-17-14-21(28(5,6)33-34(7,8)27(2,3)4)18-23(24)26(32)31(25)19-20-12-15-22(29)16-13-20/h12-18H,9-11,19H2,1-8H3. The molecule has 34 heavy (non-hydrogen) atoms.